The fourth-order valence-electron chi connectivity index (χ4n) is 2.33. The molecule has 0 saturated heterocycles. The van der Waals surface area contributed by atoms with Crippen LogP contribution >= 0.6 is 35.3 Å². The third-order valence-electron chi connectivity index (χ3n) is 3.72. The maximum absolute atomic E-state index is 9.96. The number of nitrogens with one attached hydrogen (secondary N) is 2. The van der Waals surface area contributed by atoms with Crippen LogP contribution in [0.15, 0.2) is 29.3 Å². The fraction of sp³-hybridized carbons (Fsp3) is 0.389. The summed E-state index contributed by atoms with van der Waals surface area (Å²) in [5, 5.41) is 16.5. The number of benzene rings is 1. The summed E-state index contributed by atoms with van der Waals surface area (Å²) < 4.78 is 10.4. The molecule has 2 rings (SSSR count). The summed E-state index contributed by atoms with van der Waals surface area (Å²) in [6.07, 6.45) is 1.06. The molecule has 0 aliphatic rings. The summed E-state index contributed by atoms with van der Waals surface area (Å²) in [5.41, 5.74) is 0.916. The second-order valence-electron chi connectivity index (χ2n) is 5.35. The Kier molecular flexibility index (Phi) is 9.57. The highest BCUT2D eigenvalue weighted by Gasteiger charge is 2.11. The van der Waals surface area contributed by atoms with Crippen LogP contribution in [0, 0.1) is 0 Å². The Bertz CT molecular complexity index is 709. The standard InChI is InChI=1S/C18H25N3O3S.HI/c1-5-13-6-7-14(25-13)11-21-18(19-2)20-10-12-8-15(23-3)17(22)16(9-12)24-4;/h6-9,22H,5,10-11H2,1-4H3,(H2,19,20,21);1H. The first kappa shape index (κ1) is 22.4. The van der Waals surface area contributed by atoms with Gasteiger partial charge >= 0.3 is 0 Å². The zero-order valence-corrected chi connectivity index (χ0v) is 18.6. The fourth-order valence-corrected chi connectivity index (χ4v) is 3.23. The van der Waals surface area contributed by atoms with Gasteiger partial charge in [0.05, 0.1) is 20.8 Å². The number of rotatable bonds is 7. The van der Waals surface area contributed by atoms with Gasteiger partial charge in [-0.1, -0.05) is 6.92 Å². The van der Waals surface area contributed by atoms with Crippen LogP contribution in [0.3, 0.4) is 0 Å². The molecule has 0 radical (unpaired) electrons. The van der Waals surface area contributed by atoms with Crippen LogP contribution in [-0.4, -0.2) is 32.3 Å². The highest BCUT2D eigenvalue weighted by atomic mass is 127. The number of ether oxygens (including phenoxy) is 2. The topological polar surface area (TPSA) is 75.1 Å². The summed E-state index contributed by atoms with van der Waals surface area (Å²) in [7, 11) is 4.76. The summed E-state index contributed by atoms with van der Waals surface area (Å²) in [6, 6.07) is 7.84. The predicted octanol–water partition coefficient (Wildman–Crippen LogP) is 3.52. The molecule has 3 N–H and O–H groups in total. The van der Waals surface area contributed by atoms with Gasteiger partial charge in [-0.25, -0.2) is 0 Å². The number of nitrogens with zero attached hydrogens (tertiary/aromatic N) is 1. The van der Waals surface area contributed by atoms with Crippen molar-refractivity contribution in [1.29, 1.82) is 0 Å². The number of hydrogen-bond acceptors (Lipinski definition) is 5. The van der Waals surface area contributed by atoms with Crippen molar-refractivity contribution in [1.82, 2.24) is 10.6 Å². The molecule has 26 heavy (non-hydrogen) atoms. The maximum Gasteiger partial charge on any atom is 0.200 e. The van der Waals surface area contributed by atoms with Gasteiger partial charge in [-0.05, 0) is 36.2 Å². The Hall–Kier alpha value is -1.68. The second kappa shape index (κ2) is 11.1. The van der Waals surface area contributed by atoms with Crippen LogP contribution in [0.4, 0.5) is 0 Å². The van der Waals surface area contributed by atoms with E-state index in [4.69, 9.17) is 9.47 Å². The first-order valence-electron chi connectivity index (χ1n) is 8.07. The third kappa shape index (κ3) is 5.94. The molecule has 0 atom stereocenters. The lowest BCUT2D eigenvalue weighted by Gasteiger charge is -2.14. The zero-order valence-electron chi connectivity index (χ0n) is 15.5. The Morgan fingerprint density at radius 3 is 2.15 bits per heavy atom. The molecule has 0 amide bonds. The molecule has 0 bridgehead atoms. The lowest BCUT2D eigenvalue weighted by molar-refractivity contribution is 0.339. The van der Waals surface area contributed by atoms with E-state index in [2.05, 4.69) is 34.7 Å². The van der Waals surface area contributed by atoms with E-state index in [1.807, 2.05) is 0 Å². The molecule has 8 heteroatoms. The van der Waals surface area contributed by atoms with Crippen LogP contribution in [-0.2, 0) is 19.5 Å². The molecule has 1 heterocycles. The van der Waals surface area contributed by atoms with Crippen molar-refractivity contribution in [2.45, 2.75) is 26.4 Å². The summed E-state index contributed by atoms with van der Waals surface area (Å²) >= 11 is 1.81. The Morgan fingerprint density at radius 2 is 1.65 bits per heavy atom. The number of phenols is 1. The number of guanidine groups is 1. The van der Waals surface area contributed by atoms with E-state index in [9.17, 15) is 5.11 Å². The quantitative estimate of drug-likeness (QED) is 0.314. The van der Waals surface area contributed by atoms with E-state index in [1.165, 1.54) is 24.0 Å². The van der Waals surface area contributed by atoms with Gasteiger partial charge in [-0.2, -0.15) is 0 Å². The minimum atomic E-state index is 0. The number of phenolic OH excluding ortho intramolecular Hbond substituents is 1. The van der Waals surface area contributed by atoms with E-state index in [-0.39, 0.29) is 29.7 Å². The molecule has 0 aliphatic carbocycles. The normalized spacial score (nSPS) is 10.8. The molecule has 144 valence electrons. The van der Waals surface area contributed by atoms with Crippen LogP contribution in [0.25, 0.3) is 0 Å². The highest BCUT2D eigenvalue weighted by molar-refractivity contribution is 14.0. The molecule has 0 fully saturated rings. The van der Waals surface area contributed by atoms with Crippen LogP contribution in [0.5, 0.6) is 17.2 Å². The van der Waals surface area contributed by atoms with Crippen molar-refractivity contribution in [3.63, 3.8) is 0 Å². The molecule has 0 aliphatic heterocycles. The minimum Gasteiger partial charge on any atom is -0.502 e. The van der Waals surface area contributed by atoms with Crippen molar-refractivity contribution < 1.29 is 14.6 Å². The SMILES string of the molecule is CCc1ccc(CNC(=NC)NCc2cc(OC)c(O)c(OC)c2)s1.I. The van der Waals surface area contributed by atoms with Gasteiger partial charge in [-0.15, -0.1) is 35.3 Å². The van der Waals surface area contributed by atoms with Gasteiger partial charge in [0.25, 0.3) is 0 Å². The van der Waals surface area contributed by atoms with Crippen molar-refractivity contribution in [2.24, 2.45) is 4.99 Å². The van der Waals surface area contributed by atoms with Gasteiger partial charge in [0.2, 0.25) is 5.75 Å². The lowest BCUT2D eigenvalue weighted by atomic mass is 10.2. The van der Waals surface area contributed by atoms with Crippen molar-refractivity contribution in [3.8, 4) is 17.2 Å². The van der Waals surface area contributed by atoms with E-state index in [1.54, 1.807) is 30.5 Å². The molecule has 0 unspecified atom stereocenters. The molecule has 1 aromatic heterocycles. The Morgan fingerprint density at radius 1 is 1.08 bits per heavy atom. The summed E-state index contributed by atoms with van der Waals surface area (Å²) in [6.45, 7) is 3.41. The van der Waals surface area contributed by atoms with E-state index >= 15 is 0 Å². The van der Waals surface area contributed by atoms with Crippen molar-refractivity contribution >= 4 is 41.3 Å². The number of aromatic hydroxyl groups is 1. The molecule has 0 saturated carbocycles. The van der Waals surface area contributed by atoms with E-state index < -0.39 is 0 Å². The molecular weight excluding hydrogens is 465 g/mol. The first-order chi connectivity index (χ1) is 12.1. The second-order valence-corrected chi connectivity index (χ2v) is 6.60. The zero-order chi connectivity index (χ0) is 18.2. The molecule has 1 aromatic carbocycles. The number of halogens is 1. The van der Waals surface area contributed by atoms with Gasteiger partial charge in [-0.3, -0.25) is 4.99 Å². The molecule has 2 aromatic rings. The average molecular weight is 491 g/mol. The molecule has 0 spiro atoms. The molecular formula is C18H26IN3O3S. The number of aryl methyl sites for hydroxylation is 1. The van der Waals surface area contributed by atoms with Gasteiger partial charge in [0.15, 0.2) is 17.5 Å². The van der Waals surface area contributed by atoms with Crippen LogP contribution in [0.2, 0.25) is 0 Å². The molecule has 6 nitrogen and oxygen atoms in total. The minimum absolute atomic E-state index is 0. The highest BCUT2D eigenvalue weighted by Crippen LogP contribution is 2.36. The monoisotopic (exact) mass is 491 g/mol. The van der Waals surface area contributed by atoms with E-state index in [0.29, 0.717) is 24.0 Å². The van der Waals surface area contributed by atoms with Crippen LogP contribution in [0.1, 0.15) is 22.2 Å². The third-order valence-corrected chi connectivity index (χ3v) is 4.95. The smallest absolute Gasteiger partial charge is 0.200 e. The van der Waals surface area contributed by atoms with Gasteiger partial charge in [0, 0.05) is 23.3 Å². The van der Waals surface area contributed by atoms with Gasteiger partial charge < -0.3 is 25.2 Å². The number of methoxy groups -OCH3 is 2. The number of hydrogen-bond donors (Lipinski definition) is 3. The van der Waals surface area contributed by atoms with Crippen molar-refractivity contribution in [3.05, 3.63) is 39.6 Å². The van der Waals surface area contributed by atoms with E-state index in [0.717, 1.165) is 18.5 Å². The maximum atomic E-state index is 9.96. The van der Waals surface area contributed by atoms with Crippen LogP contribution < -0.4 is 20.1 Å². The summed E-state index contributed by atoms with van der Waals surface area (Å²) in [4.78, 5) is 6.88. The first-order valence-corrected chi connectivity index (χ1v) is 8.88. The Balaban J connectivity index is 0.00000338. The Labute approximate surface area is 175 Å². The predicted molar refractivity (Wildman–Crippen MR) is 117 cm³/mol. The lowest BCUT2D eigenvalue weighted by Crippen LogP contribution is -2.36. The summed E-state index contributed by atoms with van der Waals surface area (Å²) in [5.74, 6) is 1.47. The average Bonchev–Trinajstić information content (AvgIpc) is 3.10. The largest absolute Gasteiger partial charge is 0.502 e. The van der Waals surface area contributed by atoms with Crippen molar-refractivity contribution in [2.75, 3.05) is 21.3 Å². The number of aliphatic imine (C=N–C) groups is 1. The number of thiophene rings is 1. The van der Waals surface area contributed by atoms with Gasteiger partial charge in [0.1, 0.15) is 0 Å².